The molecule has 1 amide bonds. The first-order valence-electron chi connectivity index (χ1n) is 8.46. The summed E-state index contributed by atoms with van der Waals surface area (Å²) in [6.07, 6.45) is 5.18. The normalized spacial score (nSPS) is 14.4. The van der Waals surface area contributed by atoms with Gasteiger partial charge in [-0.2, -0.15) is 0 Å². The van der Waals surface area contributed by atoms with Crippen LogP contribution in [-0.2, 0) is 17.8 Å². The van der Waals surface area contributed by atoms with Crippen LogP contribution in [0.4, 0.5) is 5.69 Å². The molecule has 0 unspecified atom stereocenters. The largest absolute Gasteiger partial charge is 0.326 e. The van der Waals surface area contributed by atoms with Crippen molar-refractivity contribution in [2.24, 2.45) is 5.92 Å². The third-order valence-corrected chi connectivity index (χ3v) is 4.13. The number of nitrogens with one attached hydrogen (secondary N) is 1. The van der Waals surface area contributed by atoms with Gasteiger partial charge in [0, 0.05) is 30.6 Å². The van der Waals surface area contributed by atoms with Gasteiger partial charge in [-0.15, -0.1) is 10.2 Å². The molecule has 5 heteroatoms. The molecule has 1 aliphatic rings. The van der Waals surface area contributed by atoms with Crippen molar-refractivity contribution in [3.8, 4) is 11.4 Å². The highest BCUT2D eigenvalue weighted by atomic mass is 16.1. The number of carbonyl (C=O) groups is 1. The van der Waals surface area contributed by atoms with E-state index >= 15 is 0 Å². The van der Waals surface area contributed by atoms with E-state index in [1.165, 1.54) is 19.3 Å². The zero-order valence-corrected chi connectivity index (χ0v) is 13.9. The van der Waals surface area contributed by atoms with Crippen molar-refractivity contribution in [2.75, 3.05) is 5.32 Å². The maximum Gasteiger partial charge on any atom is 0.224 e. The first-order valence-corrected chi connectivity index (χ1v) is 8.46. The molecule has 1 N–H and O–H groups in total. The fraction of sp³-hybridized carbons (Fsp3) is 0.500. The maximum atomic E-state index is 11.8. The number of rotatable bonds is 4. The van der Waals surface area contributed by atoms with E-state index in [9.17, 15) is 4.79 Å². The van der Waals surface area contributed by atoms with Crippen LogP contribution in [0.3, 0.4) is 0 Å². The fourth-order valence-electron chi connectivity index (χ4n) is 2.98. The number of hydrogen-bond donors (Lipinski definition) is 1. The van der Waals surface area contributed by atoms with Gasteiger partial charge >= 0.3 is 0 Å². The zero-order chi connectivity index (χ0) is 16.2. The van der Waals surface area contributed by atoms with Gasteiger partial charge in [-0.25, -0.2) is 0 Å². The van der Waals surface area contributed by atoms with Crippen LogP contribution in [0.15, 0.2) is 24.3 Å². The van der Waals surface area contributed by atoms with Crippen LogP contribution >= 0.6 is 0 Å². The Kier molecular flexibility index (Phi) is 4.74. The molecule has 0 fully saturated rings. The second kappa shape index (κ2) is 6.94. The van der Waals surface area contributed by atoms with Crippen molar-refractivity contribution in [1.29, 1.82) is 0 Å². The van der Waals surface area contributed by atoms with Crippen molar-refractivity contribution in [2.45, 2.75) is 52.5 Å². The summed E-state index contributed by atoms with van der Waals surface area (Å²) in [4.78, 5) is 11.8. The summed E-state index contributed by atoms with van der Waals surface area (Å²) in [5.74, 6) is 2.44. The van der Waals surface area contributed by atoms with E-state index in [1.807, 2.05) is 38.1 Å². The molecule has 1 aromatic heterocycles. The fourth-order valence-corrected chi connectivity index (χ4v) is 2.98. The second-order valence-electron chi connectivity index (χ2n) is 6.63. The molecule has 0 aliphatic carbocycles. The third kappa shape index (κ3) is 3.78. The Labute approximate surface area is 137 Å². The Balaban J connectivity index is 1.75. The highest BCUT2D eigenvalue weighted by Crippen LogP contribution is 2.24. The molecule has 0 saturated heterocycles. The first kappa shape index (κ1) is 15.7. The van der Waals surface area contributed by atoms with Crippen molar-refractivity contribution < 1.29 is 4.79 Å². The molecule has 0 spiro atoms. The number of aromatic nitrogens is 3. The molecule has 3 rings (SSSR count). The number of anilines is 1. The van der Waals surface area contributed by atoms with E-state index < -0.39 is 0 Å². The van der Waals surface area contributed by atoms with Crippen LogP contribution in [0.5, 0.6) is 0 Å². The Morgan fingerprint density at radius 2 is 1.96 bits per heavy atom. The number of hydrogen-bond acceptors (Lipinski definition) is 3. The Bertz CT molecular complexity index is 673. The average Bonchev–Trinajstić information content (AvgIpc) is 2.76. The smallest absolute Gasteiger partial charge is 0.224 e. The molecule has 0 saturated carbocycles. The molecule has 0 radical (unpaired) electrons. The van der Waals surface area contributed by atoms with Crippen molar-refractivity contribution in [3.05, 3.63) is 30.1 Å². The van der Waals surface area contributed by atoms with Gasteiger partial charge in [0.25, 0.3) is 0 Å². The third-order valence-electron chi connectivity index (χ3n) is 4.13. The van der Waals surface area contributed by atoms with E-state index in [4.69, 9.17) is 0 Å². The van der Waals surface area contributed by atoms with Crippen molar-refractivity contribution in [3.63, 3.8) is 0 Å². The Morgan fingerprint density at radius 1 is 1.17 bits per heavy atom. The molecule has 0 bridgehead atoms. The molecule has 5 nitrogen and oxygen atoms in total. The molecule has 23 heavy (non-hydrogen) atoms. The van der Waals surface area contributed by atoms with Crippen LogP contribution in [0.1, 0.15) is 45.4 Å². The number of amides is 1. The summed E-state index contributed by atoms with van der Waals surface area (Å²) in [5, 5.41) is 11.6. The van der Waals surface area contributed by atoms with Crippen LogP contribution in [-0.4, -0.2) is 20.7 Å². The van der Waals surface area contributed by atoms with E-state index in [1.54, 1.807) is 0 Å². The minimum atomic E-state index is 0.0593. The molecule has 122 valence electrons. The van der Waals surface area contributed by atoms with E-state index in [2.05, 4.69) is 20.1 Å². The van der Waals surface area contributed by atoms with E-state index in [0.717, 1.165) is 35.9 Å². The summed E-state index contributed by atoms with van der Waals surface area (Å²) in [7, 11) is 0. The lowest BCUT2D eigenvalue weighted by molar-refractivity contribution is -0.116. The van der Waals surface area contributed by atoms with E-state index in [0.29, 0.717) is 12.3 Å². The van der Waals surface area contributed by atoms with Gasteiger partial charge in [0.2, 0.25) is 5.91 Å². The zero-order valence-electron chi connectivity index (χ0n) is 13.9. The van der Waals surface area contributed by atoms with Crippen LogP contribution in [0, 0.1) is 5.92 Å². The molecule has 2 heterocycles. The van der Waals surface area contributed by atoms with E-state index in [-0.39, 0.29) is 5.91 Å². The maximum absolute atomic E-state index is 11.8. The molecule has 1 aromatic carbocycles. The number of carbonyl (C=O) groups excluding carboxylic acids is 1. The standard InChI is InChI=1S/C18H24N4O/c1-13(2)12-17(23)19-15-9-7-14(8-10-15)18-21-20-16-6-4-3-5-11-22(16)18/h7-10,13H,3-6,11-12H2,1-2H3,(H,19,23). The summed E-state index contributed by atoms with van der Waals surface area (Å²) in [6, 6.07) is 7.89. The molecular weight excluding hydrogens is 288 g/mol. The lowest BCUT2D eigenvalue weighted by Crippen LogP contribution is -2.13. The van der Waals surface area contributed by atoms with Crippen molar-refractivity contribution in [1.82, 2.24) is 14.8 Å². The topological polar surface area (TPSA) is 59.8 Å². The van der Waals surface area contributed by atoms with Crippen LogP contribution < -0.4 is 5.32 Å². The Hall–Kier alpha value is -2.17. The van der Waals surface area contributed by atoms with Gasteiger partial charge < -0.3 is 9.88 Å². The quantitative estimate of drug-likeness (QED) is 0.937. The van der Waals surface area contributed by atoms with Crippen LogP contribution in [0.25, 0.3) is 11.4 Å². The number of nitrogens with zero attached hydrogens (tertiary/aromatic N) is 3. The van der Waals surface area contributed by atoms with Crippen LogP contribution in [0.2, 0.25) is 0 Å². The van der Waals surface area contributed by atoms with Gasteiger partial charge in [0.05, 0.1) is 0 Å². The summed E-state index contributed by atoms with van der Waals surface area (Å²) < 4.78 is 2.24. The van der Waals surface area contributed by atoms with Gasteiger partial charge in [0.15, 0.2) is 5.82 Å². The predicted octanol–water partition coefficient (Wildman–Crippen LogP) is 3.66. The predicted molar refractivity (Wildman–Crippen MR) is 91.1 cm³/mol. The summed E-state index contributed by atoms with van der Waals surface area (Å²) >= 11 is 0. The highest BCUT2D eigenvalue weighted by Gasteiger charge is 2.16. The minimum absolute atomic E-state index is 0.0593. The van der Waals surface area contributed by atoms with Crippen molar-refractivity contribution >= 4 is 11.6 Å². The summed E-state index contributed by atoms with van der Waals surface area (Å²) in [5.41, 5.74) is 1.88. The minimum Gasteiger partial charge on any atom is -0.326 e. The highest BCUT2D eigenvalue weighted by molar-refractivity contribution is 5.91. The molecule has 0 atom stereocenters. The van der Waals surface area contributed by atoms with Gasteiger partial charge in [-0.05, 0) is 43.0 Å². The first-order chi connectivity index (χ1) is 11.1. The molecule has 2 aromatic rings. The molecule has 1 aliphatic heterocycles. The SMILES string of the molecule is CC(C)CC(=O)Nc1ccc(-c2nnc3n2CCCCC3)cc1. The average molecular weight is 312 g/mol. The number of aryl methyl sites for hydroxylation is 1. The van der Waals surface area contributed by atoms with Gasteiger partial charge in [0.1, 0.15) is 5.82 Å². The molecular formula is C18H24N4O. The second-order valence-corrected chi connectivity index (χ2v) is 6.63. The monoisotopic (exact) mass is 312 g/mol. The Morgan fingerprint density at radius 3 is 2.70 bits per heavy atom. The van der Waals surface area contributed by atoms with Gasteiger partial charge in [-0.3, -0.25) is 4.79 Å². The lowest BCUT2D eigenvalue weighted by atomic mass is 10.1. The number of benzene rings is 1. The number of fused-ring (bicyclic) bond motifs is 1. The summed E-state index contributed by atoms with van der Waals surface area (Å²) in [6.45, 7) is 5.07. The van der Waals surface area contributed by atoms with Gasteiger partial charge in [-0.1, -0.05) is 20.3 Å². The lowest BCUT2D eigenvalue weighted by Gasteiger charge is -2.09.